The molecule has 1 aromatic rings. The Balaban J connectivity index is 2.33. The molecule has 134 valence electrons. The van der Waals surface area contributed by atoms with Crippen LogP contribution >= 0.6 is 0 Å². The number of hydrogen-bond donors (Lipinski definition) is 0. The Labute approximate surface area is 145 Å². The van der Waals surface area contributed by atoms with Gasteiger partial charge in [0.05, 0.1) is 24.3 Å². The minimum atomic E-state index is -0.342. The molecular weight excluding hydrogens is 304 g/mol. The fourth-order valence-electron chi connectivity index (χ4n) is 2.30. The van der Waals surface area contributed by atoms with Crippen LogP contribution in [-0.4, -0.2) is 25.2 Å². The highest BCUT2D eigenvalue weighted by atomic mass is 16.5. The molecule has 0 N–H and O–H groups in total. The molecule has 0 spiro atoms. The Morgan fingerprint density at radius 2 is 1.04 bits per heavy atom. The second kappa shape index (κ2) is 12.6. The lowest BCUT2D eigenvalue weighted by Gasteiger charge is -2.07. The normalized spacial score (nSPS) is 10.4. The fourth-order valence-corrected chi connectivity index (χ4v) is 2.30. The highest BCUT2D eigenvalue weighted by Crippen LogP contribution is 2.09. The van der Waals surface area contributed by atoms with Gasteiger partial charge in [-0.05, 0) is 37.1 Å². The van der Waals surface area contributed by atoms with E-state index in [2.05, 4.69) is 13.8 Å². The summed E-state index contributed by atoms with van der Waals surface area (Å²) in [6.45, 7) is 5.17. The Morgan fingerprint density at radius 1 is 0.667 bits per heavy atom. The topological polar surface area (TPSA) is 52.6 Å². The van der Waals surface area contributed by atoms with Gasteiger partial charge in [0, 0.05) is 0 Å². The molecule has 0 saturated carbocycles. The molecule has 0 fully saturated rings. The van der Waals surface area contributed by atoms with Crippen molar-refractivity contribution in [2.24, 2.45) is 0 Å². The van der Waals surface area contributed by atoms with E-state index >= 15 is 0 Å². The second-order valence-electron chi connectivity index (χ2n) is 5.97. The third-order valence-corrected chi connectivity index (χ3v) is 3.82. The van der Waals surface area contributed by atoms with Crippen LogP contribution in [0.25, 0.3) is 0 Å². The van der Waals surface area contributed by atoms with Crippen molar-refractivity contribution in [1.29, 1.82) is 0 Å². The maximum Gasteiger partial charge on any atom is 0.338 e. The number of esters is 2. The summed E-state index contributed by atoms with van der Waals surface area (Å²) in [5.74, 6) is -0.683. The third kappa shape index (κ3) is 8.14. The van der Waals surface area contributed by atoms with Crippen LogP contribution in [0.4, 0.5) is 0 Å². The summed E-state index contributed by atoms with van der Waals surface area (Å²) in [6.07, 6.45) is 8.57. The highest BCUT2D eigenvalue weighted by molar-refractivity contribution is 5.93. The molecule has 0 saturated heterocycles. The van der Waals surface area contributed by atoms with Gasteiger partial charge < -0.3 is 9.47 Å². The molecule has 1 rings (SSSR count). The standard InChI is InChI=1S/C20H30O4/c1-3-5-7-9-15-23-19(21)17-11-13-18(14-12-17)20(22)24-16-10-8-6-4-2/h11-14H,3-10,15-16H2,1-2H3. The van der Waals surface area contributed by atoms with E-state index in [1.54, 1.807) is 24.3 Å². The van der Waals surface area contributed by atoms with Gasteiger partial charge in [-0.1, -0.05) is 52.4 Å². The monoisotopic (exact) mass is 334 g/mol. The number of benzene rings is 1. The van der Waals surface area contributed by atoms with Crippen LogP contribution in [0.15, 0.2) is 24.3 Å². The molecule has 0 bridgehead atoms. The van der Waals surface area contributed by atoms with Crippen molar-refractivity contribution in [3.05, 3.63) is 35.4 Å². The maximum absolute atomic E-state index is 11.9. The van der Waals surface area contributed by atoms with Gasteiger partial charge in [0.1, 0.15) is 0 Å². The van der Waals surface area contributed by atoms with E-state index in [9.17, 15) is 9.59 Å². The minimum Gasteiger partial charge on any atom is -0.462 e. The third-order valence-electron chi connectivity index (χ3n) is 3.82. The van der Waals surface area contributed by atoms with Crippen LogP contribution in [0.2, 0.25) is 0 Å². The minimum absolute atomic E-state index is 0.342. The molecule has 0 atom stereocenters. The molecule has 0 amide bonds. The second-order valence-corrected chi connectivity index (χ2v) is 5.97. The smallest absolute Gasteiger partial charge is 0.338 e. The molecule has 0 aliphatic carbocycles. The predicted molar refractivity (Wildman–Crippen MR) is 95.3 cm³/mol. The summed E-state index contributed by atoms with van der Waals surface area (Å²) >= 11 is 0. The van der Waals surface area contributed by atoms with Gasteiger partial charge in [-0.25, -0.2) is 9.59 Å². The van der Waals surface area contributed by atoms with E-state index in [1.807, 2.05) is 0 Å². The Hall–Kier alpha value is -1.84. The first-order chi connectivity index (χ1) is 11.7. The average molecular weight is 334 g/mol. The molecule has 0 unspecified atom stereocenters. The summed E-state index contributed by atoms with van der Waals surface area (Å²) in [5.41, 5.74) is 0.926. The Kier molecular flexibility index (Phi) is 10.6. The number of carbonyl (C=O) groups is 2. The van der Waals surface area contributed by atoms with E-state index in [1.165, 1.54) is 0 Å². The van der Waals surface area contributed by atoms with Gasteiger partial charge in [0.25, 0.3) is 0 Å². The van der Waals surface area contributed by atoms with E-state index in [0.29, 0.717) is 24.3 Å². The van der Waals surface area contributed by atoms with E-state index in [0.717, 1.165) is 51.4 Å². The Bertz CT molecular complexity index is 434. The van der Waals surface area contributed by atoms with Gasteiger partial charge in [-0.2, -0.15) is 0 Å². The number of hydrogen-bond acceptors (Lipinski definition) is 4. The average Bonchev–Trinajstić information content (AvgIpc) is 2.61. The van der Waals surface area contributed by atoms with Crippen molar-refractivity contribution in [2.45, 2.75) is 65.2 Å². The quantitative estimate of drug-likeness (QED) is 0.391. The molecule has 0 radical (unpaired) electrons. The lowest BCUT2D eigenvalue weighted by Crippen LogP contribution is -2.09. The first-order valence-electron chi connectivity index (χ1n) is 9.13. The van der Waals surface area contributed by atoms with Crippen molar-refractivity contribution < 1.29 is 19.1 Å². The van der Waals surface area contributed by atoms with Crippen LogP contribution in [0, 0.1) is 0 Å². The summed E-state index contributed by atoms with van der Waals surface area (Å²) < 4.78 is 10.4. The summed E-state index contributed by atoms with van der Waals surface area (Å²) in [5, 5.41) is 0. The fraction of sp³-hybridized carbons (Fsp3) is 0.600. The lowest BCUT2D eigenvalue weighted by atomic mass is 10.1. The number of unbranched alkanes of at least 4 members (excludes halogenated alkanes) is 6. The zero-order valence-electron chi connectivity index (χ0n) is 15.0. The van der Waals surface area contributed by atoms with Gasteiger partial charge in [-0.15, -0.1) is 0 Å². The van der Waals surface area contributed by atoms with Crippen molar-refractivity contribution >= 4 is 11.9 Å². The summed E-state index contributed by atoms with van der Waals surface area (Å²) in [7, 11) is 0. The maximum atomic E-state index is 11.9. The largest absolute Gasteiger partial charge is 0.462 e. The molecule has 4 nitrogen and oxygen atoms in total. The molecule has 24 heavy (non-hydrogen) atoms. The van der Waals surface area contributed by atoms with Crippen LogP contribution < -0.4 is 0 Å². The first kappa shape index (κ1) is 20.2. The van der Waals surface area contributed by atoms with E-state index in [-0.39, 0.29) is 11.9 Å². The molecule has 1 aromatic carbocycles. The van der Waals surface area contributed by atoms with Crippen molar-refractivity contribution in [3.63, 3.8) is 0 Å². The molecule has 0 aliphatic rings. The molecular formula is C20H30O4. The Morgan fingerprint density at radius 3 is 1.38 bits per heavy atom. The van der Waals surface area contributed by atoms with Gasteiger partial charge in [-0.3, -0.25) is 0 Å². The van der Waals surface area contributed by atoms with Crippen LogP contribution in [-0.2, 0) is 9.47 Å². The van der Waals surface area contributed by atoms with Crippen molar-refractivity contribution in [1.82, 2.24) is 0 Å². The predicted octanol–water partition coefficient (Wildman–Crippen LogP) is 5.16. The number of ether oxygens (including phenoxy) is 2. The van der Waals surface area contributed by atoms with Crippen LogP contribution in [0.5, 0.6) is 0 Å². The first-order valence-corrected chi connectivity index (χ1v) is 9.13. The zero-order chi connectivity index (χ0) is 17.6. The zero-order valence-corrected chi connectivity index (χ0v) is 15.0. The molecule has 0 aromatic heterocycles. The SMILES string of the molecule is CCCCCCOC(=O)c1ccc(C(=O)OCCCCCC)cc1. The van der Waals surface area contributed by atoms with E-state index < -0.39 is 0 Å². The summed E-state index contributed by atoms with van der Waals surface area (Å²) in [4.78, 5) is 23.8. The van der Waals surface area contributed by atoms with Crippen LogP contribution in [0.1, 0.15) is 85.9 Å². The van der Waals surface area contributed by atoms with Gasteiger partial charge >= 0.3 is 11.9 Å². The van der Waals surface area contributed by atoms with Gasteiger partial charge in [0.2, 0.25) is 0 Å². The number of carbonyl (C=O) groups excluding carboxylic acids is 2. The molecule has 0 heterocycles. The van der Waals surface area contributed by atoms with Crippen molar-refractivity contribution in [2.75, 3.05) is 13.2 Å². The molecule has 4 heteroatoms. The lowest BCUT2D eigenvalue weighted by molar-refractivity contribution is 0.0483. The molecule has 0 aliphatic heterocycles. The number of rotatable bonds is 12. The van der Waals surface area contributed by atoms with Crippen molar-refractivity contribution in [3.8, 4) is 0 Å². The highest BCUT2D eigenvalue weighted by Gasteiger charge is 2.10. The van der Waals surface area contributed by atoms with Crippen LogP contribution in [0.3, 0.4) is 0 Å². The van der Waals surface area contributed by atoms with E-state index in [4.69, 9.17) is 9.47 Å². The summed E-state index contributed by atoms with van der Waals surface area (Å²) in [6, 6.07) is 6.45. The van der Waals surface area contributed by atoms with Gasteiger partial charge in [0.15, 0.2) is 0 Å².